The Balaban J connectivity index is 1.79. The lowest BCUT2D eigenvalue weighted by atomic mass is 10.1. The molecular weight excluding hydrogens is 337 g/mol. The molecule has 5 nitrogen and oxygen atoms in total. The Hall–Kier alpha value is -1.14. The Morgan fingerprint density at radius 1 is 1.13 bits per heavy atom. The highest BCUT2D eigenvalue weighted by Gasteiger charge is 2.44. The Labute approximate surface area is 145 Å². The van der Waals surface area contributed by atoms with Crippen molar-refractivity contribution in [3.63, 3.8) is 0 Å². The Morgan fingerprint density at radius 3 is 2.48 bits per heavy atom. The number of rotatable bonds is 3. The van der Waals surface area contributed by atoms with Crippen LogP contribution in [0.25, 0.3) is 0 Å². The zero-order valence-corrected chi connectivity index (χ0v) is 14.5. The average molecular weight is 356 g/mol. The number of nitrogens with zero attached hydrogens (tertiary/aromatic N) is 3. The van der Waals surface area contributed by atoms with Gasteiger partial charge in [0.15, 0.2) is 0 Å². The van der Waals surface area contributed by atoms with Crippen molar-refractivity contribution in [2.45, 2.75) is 19.4 Å². The molecule has 0 N–H and O–H groups in total. The lowest BCUT2D eigenvalue weighted by Crippen LogP contribution is -2.52. The molecular formula is C16H19Cl2N3O2. The number of benzene rings is 1. The summed E-state index contributed by atoms with van der Waals surface area (Å²) in [6.45, 7) is 6.58. The van der Waals surface area contributed by atoms with Crippen LogP contribution >= 0.6 is 23.2 Å². The number of halogens is 2. The van der Waals surface area contributed by atoms with Gasteiger partial charge in [0.05, 0.1) is 28.2 Å². The van der Waals surface area contributed by atoms with Gasteiger partial charge in [-0.15, -0.1) is 0 Å². The molecule has 124 valence electrons. The van der Waals surface area contributed by atoms with Gasteiger partial charge in [-0.3, -0.25) is 14.5 Å². The van der Waals surface area contributed by atoms with Gasteiger partial charge in [0.1, 0.15) is 0 Å². The summed E-state index contributed by atoms with van der Waals surface area (Å²) in [6.07, 6.45) is 0.202. The van der Waals surface area contributed by atoms with E-state index < -0.39 is 6.04 Å². The third-order valence-corrected chi connectivity index (χ3v) is 5.40. The van der Waals surface area contributed by atoms with Crippen molar-refractivity contribution in [3.05, 3.63) is 28.2 Å². The third kappa shape index (κ3) is 3.11. The molecule has 7 heteroatoms. The molecule has 23 heavy (non-hydrogen) atoms. The summed E-state index contributed by atoms with van der Waals surface area (Å²) < 4.78 is 0. The van der Waals surface area contributed by atoms with Crippen LogP contribution in [-0.4, -0.2) is 60.4 Å². The first-order chi connectivity index (χ1) is 11.0. The average Bonchev–Trinajstić information content (AvgIpc) is 2.85. The quantitative estimate of drug-likeness (QED) is 0.780. The minimum absolute atomic E-state index is 0.202. The topological polar surface area (TPSA) is 43.9 Å². The highest BCUT2D eigenvalue weighted by atomic mass is 35.5. The molecule has 0 saturated carbocycles. The Kier molecular flexibility index (Phi) is 4.92. The van der Waals surface area contributed by atoms with Crippen LogP contribution in [0.4, 0.5) is 5.69 Å². The van der Waals surface area contributed by atoms with Crippen LogP contribution in [0.1, 0.15) is 13.3 Å². The molecule has 2 saturated heterocycles. The van der Waals surface area contributed by atoms with Gasteiger partial charge in [0, 0.05) is 26.2 Å². The fourth-order valence-electron chi connectivity index (χ4n) is 3.21. The largest absolute Gasteiger partial charge is 0.301 e. The van der Waals surface area contributed by atoms with E-state index in [1.54, 1.807) is 18.2 Å². The third-order valence-electron chi connectivity index (χ3n) is 4.59. The number of hydrogen-bond donors (Lipinski definition) is 0. The maximum absolute atomic E-state index is 12.8. The number of imide groups is 1. The molecule has 0 aliphatic carbocycles. The van der Waals surface area contributed by atoms with E-state index in [0.717, 1.165) is 32.7 Å². The molecule has 3 rings (SSSR count). The molecule has 1 aromatic carbocycles. The molecule has 0 aromatic heterocycles. The number of likely N-dealkylation sites (N-methyl/N-ethyl adjacent to an activating group) is 1. The molecule has 1 atom stereocenters. The summed E-state index contributed by atoms with van der Waals surface area (Å²) in [7, 11) is 0. The first kappa shape index (κ1) is 16.7. The van der Waals surface area contributed by atoms with E-state index in [1.807, 2.05) is 0 Å². The van der Waals surface area contributed by atoms with E-state index in [0.29, 0.717) is 10.7 Å². The fraction of sp³-hybridized carbons (Fsp3) is 0.500. The molecule has 0 bridgehead atoms. The van der Waals surface area contributed by atoms with E-state index in [1.165, 1.54) is 4.90 Å². The number of piperazine rings is 1. The number of anilines is 1. The second-order valence-electron chi connectivity index (χ2n) is 5.83. The monoisotopic (exact) mass is 355 g/mol. The molecule has 0 spiro atoms. The molecule has 0 radical (unpaired) electrons. The van der Waals surface area contributed by atoms with Crippen molar-refractivity contribution in [1.29, 1.82) is 0 Å². The van der Waals surface area contributed by atoms with Gasteiger partial charge in [0.2, 0.25) is 5.91 Å². The number of amides is 2. The SMILES string of the molecule is CCN1CCN(C2CC(=O)N(c3cccc(Cl)c3Cl)C2=O)CC1. The smallest absolute Gasteiger partial charge is 0.251 e. The van der Waals surface area contributed by atoms with Crippen LogP contribution in [-0.2, 0) is 9.59 Å². The predicted octanol–water partition coefficient (Wildman–Crippen LogP) is 2.26. The molecule has 2 heterocycles. The van der Waals surface area contributed by atoms with Crippen LogP contribution in [0.3, 0.4) is 0 Å². The van der Waals surface area contributed by atoms with Gasteiger partial charge in [-0.2, -0.15) is 0 Å². The minimum Gasteiger partial charge on any atom is -0.301 e. The molecule has 2 aliphatic heterocycles. The van der Waals surface area contributed by atoms with E-state index in [4.69, 9.17) is 23.2 Å². The van der Waals surface area contributed by atoms with Crippen LogP contribution in [0, 0.1) is 0 Å². The van der Waals surface area contributed by atoms with Gasteiger partial charge >= 0.3 is 0 Å². The predicted molar refractivity (Wildman–Crippen MR) is 91.0 cm³/mol. The van der Waals surface area contributed by atoms with Gasteiger partial charge in [-0.1, -0.05) is 36.2 Å². The molecule has 2 aliphatic rings. The molecule has 1 unspecified atom stereocenters. The zero-order valence-electron chi connectivity index (χ0n) is 13.0. The molecule has 2 fully saturated rings. The van der Waals surface area contributed by atoms with Crippen LogP contribution < -0.4 is 4.90 Å². The number of carbonyl (C=O) groups is 2. The molecule has 2 amide bonds. The minimum atomic E-state index is -0.392. The van der Waals surface area contributed by atoms with Gasteiger partial charge in [-0.25, -0.2) is 4.90 Å². The maximum atomic E-state index is 12.8. The number of hydrogen-bond acceptors (Lipinski definition) is 4. The van der Waals surface area contributed by atoms with Gasteiger partial charge in [0.25, 0.3) is 5.91 Å². The van der Waals surface area contributed by atoms with E-state index in [-0.39, 0.29) is 23.3 Å². The maximum Gasteiger partial charge on any atom is 0.251 e. The van der Waals surface area contributed by atoms with Gasteiger partial charge < -0.3 is 4.90 Å². The Morgan fingerprint density at radius 2 is 1.83 bits per heavy atom. The van der Waals surface area contributed by atoms with Crippen molar-refractivity contribution in [2.75, 3.05) is 37.6 Å². The van der Waals surface area contributed by atoms with E-state index in [9.17, 15) is 9.59 Å². The first-order valence-corrected chi connectivity index (χ1v) is 8.55. The van der Waals surface area contributed by atoms with Crippen LogP contribution in [0.2, 0.25) is 10.0 Å². The highest BCUT2D eigenvalue weighted by molar-refractivity contribution is 6.44. The summed E-state index contributed by atoms with van der Waals surface area (Å²) in [5.74, 6) is -0.425. The van der Waals surface area contributed by atoms with Crippen molar-refractivity contribution in [2.24, 2.45) is 0 Å². The van der Waals surface area contributed by atoms with Crippen LogP contribution in [0.15, 0.2) is 18.2 Å². The standard InChI is InChI=1S/C16H19Cl2N3O2/c1-2-19-6-8-20(9-7-19)13-10-14(22)21(16(13)23)12-5-3-4-11(17)15(12)18/h3-5,13H,2,6-10H2,1H3. The van der Waals surface area contributed by atoms with Gasteiger partial charge in [-0.05, 0) is 18.7 Å². The summed E-state index contributed by atoms with van der Waals surface area (Å²) in [5.41, 5.74) is 0.379. The summed E-state index contributed by atoms with van der Waals surface area (Å²) in [6, 6.07) is 4.59. The summed E-state index contributed by atoms with van der Waals surface area (Å²) >= 11 is 12.2. The normalized spacial score (nSPS) is 23.8. The summed E-state index contributed by atoms with van der Waals surface area (Å²) in [5, 5.41) is 0.581. The summed E-state index contributed by atoms with van der Waals surface area (Å²) in [4.78, 5) is 30.8. The number of carbonyl (C=O) groups excluding carboxylic acids is 2. The van der Waals surface area contributed by atoms with Crippen molar-refractivity contribution in [3.8, 4) is 0 Å². The fourth-order valence-corrected chi connectivity index (χ4v) is 3.59. The molecule has 1 aromatic rings. The highest BCUT2D eigenvalue weighted by Crippen LogP contribution is 2.36. The second-order valence-corrected chi connectivity index (χ2v) is 6.62. The lowest BCUT2D eigenvalue weighted by molar-refractivity contribution is -0.123. The van der Waals surface area contributed by atoms with E-state index in [2.05, 4.69) is 16.7 Å². The van der Waals surface area contributed by atoms with Crippen molar-refractivity contribution >= 4 is 40.7 Å². The second kappa shape index (κ2) is 6.77. The Bertz CT molecular complexity index is 630. The first-order valence-electron chi connectivity index (χ1n) is 7.80. The zero-order chi connectivity index (χ0) is 16.6. The van der Waals surface area contributed by atoms with Crippen molar-refractivity contribution in [1.82, 2.24) is 9.80 Å². The van der Waals surface area contributed by atoms with E-state index >= 15 is 0 Å². The van der Waals surface area contributed by atoms with Crippen LogP contribution in [0.5, 0.6) is 0 Å². The lowest BCUT2D eigenvalue weighted by Gasteiger charge is -2.36. The van der Waals surface area contributed by atoms with Crippen molar-refractivity contribution < 1.29 is 9.59 Å².